The average Bonchev–Trinajstić information content (AvgIpc) is 2.92. The second-order valence-electron chi connectivity index (χ2n) is 5.63. The molecular formula is C19H15NO5S2. The van der Waals surface area contributed by atoms with Crippen LogP contribution in [0.2, 0.25) is 0 Å². The third-order valence-corrected chi connectivity index (χ3v) is 5.26. The Morgan fingerprint density at radius 2 is 1.96 bits per heavy atom. The molecule has 8 heteroatoms. The summed E-state index contributed by atoms with van der Waals surface area (Å²) in [5.74, 6) is -1.39. The molecular weight excluding hydrogens is 386 g/mol. The van der Waals surface area contributed by atoms with Crippen molar-refractivity contribution in [3.05, 3.63) is 64.6 Å². The van der Waals surface area contributed by atoms with Crippen molar-refractivity contribution in [3.63, 3.8) is 0 Å². The summed E-state index contributed by atoms with van der Waals surface area (Å²) in [4.78, 5) is 26.1. The van der Waals surface area contributed by atoms with Crippen molar-refractivity contribution in [2.24, 2.45) is 0 Å². The zero-order valence-electron chi connectivity index (χ0n) is 14.2. The standard InChI is InChI=1S/C19H15NO5S2/c1-25-14-9-11(7-8-13(14)21)10-15-17(22)20(19(26)27-15)16(18(23)24)12-5-3-2-4-6-12/h2-10,16,21H,1H3,(H,23,24)/b15-10-/t16-/m1/s1. The Morgan fingerprint density at radius 3 is 2.59 bits per heavy atom. The fourth-order valence-electron chi connectivity index (χ4n) is 2.68. The summed E-state index contributed by atoms with van der Waals surface area (Å²) in [5, 5.41) is 19.4. The van der Waals surface area contributed by atoms with Gasteiger partial charge in [-0.15, -0.1) is 0 Å². The Bertz CT molecular complexity index is 942. The van der Waals surface area contributed by atoms with Crippen molar-refractivity contribution in [1.82, 2.24) is 4.90 Å². The fraction of sp³-hybridized carbons (Fsp3) is 0.105. The number of carbonyl (C=O) groups excluding carboxylic acids is 1. The van der Waals surface area contributed by atoms with Gasteiger partial charge in [0.05, 0.1) is 12.0 Å². The summed E-state index contributed by atoms with van der Waals surface area (Å²) in [6.45, 7) is 0. The highest BCUT2D eigenvalue weighted by atomic mass is 32.2. The molecule has 1 aliphatic heterocycles. The third-order valence-electron chi connectivity index (χ3n) is 3.93. The smallest absolute Gasteiger partial charge is 0.331 e. The summed E-state index contributed by atoms with van der Waals surface area (Å²) in [6, 6.07) is 11.9. The van der Waals surface area contributed by atoms with E-state index in [0.717, 1.165) is 16.7 Å². The zero-order chi connectivity index (χ0) is 19.6. The van der Waals surface area contributed by atoms with Gasteiger partial charge in [0.15, 0.2) is 17.5 Å². The second-order valence-corrected chi connectivity index (χ2v) is 7.31. The highest BCUT2D eigenvalue weighted by molar-refractivity contribution is 8.26. The van der Waals surface area contributed by atoms with Crippen LogP contribution in [-0.2, 0) is 9.59 Å². The third kappa shape index (κ3) is 3.81. The number of rotatable bonds is 5. The van der Waals surface area contributed by atoms with Crippen molar-refractivity contribution >= 4 is 46.3 Å². The largest absolute Gasteiger partial charge is 0.504 e. The molecule has 1 heterocycles. The number of methoxy groups -OCH3 is 1. The summed E-state index contributed by atoms with van der Waals surface area (Å²) >= 11 is 6.31. The molecule has 1 fully saturated rings. The van der Waals surface area contributed by atoms with Gasteiger partial charge in [-0.25, -0.2) is 4.79 Å². The van der Waals surface area contributed by atoms with Crippen molar-refractivity contribution in [2.75, 3.05) is 7.11 Å². The van der Waals surface area contributed by atoms with E-state index >= 15 is 0 Å². The predicted octanol–water partition coefficient (Wildman–Crippen LogP) is 3.43. The Labute approximate surface area is 165 Å². The predicted molar refractivity (Wildman–Crippen MR) is 106 cm³/mol. The Morgan fingerprint density at radius 1 is 1.26 bits per heavy atom. The van der Waals surface area contributed by atoms with E-state index in [0.29, 0.717) is 16.0 Å². The van der Waals surface area contributed by atoms with Gasteiger partial charge in [-0.05, 0) is 29.3 Å². The van der Waals surface area contributed by atoms with Gasteiger partial charge in [-0.2, -0.15) is 0 Å². The lowest BCUT2D eigenvalue weighted by atomic mass is 10.1. The number of ether oxygens (including phenoxy) is 1. The van der Waals surface area contributed by atoms with Crippen LogP contribution in [0.5, 0.6) is 11.5 Å². The van der Waals surface area contributed by atoms with Crippen molar-refractivity contribution < 1.29 is 24.5 Å². The van der Waals surface area contributed by atoms with E-state index in [2.05, 4.69) is 0 Å². The maximum Gasteiger partial charge on any atom is 0.331 e. The number of benzene rings is 2. The number of carbonyl (C=O) groups is 2. The number of nitrogens with zero attached hydrogens (tertiary/aromatic N) is 1. The molecule has 0 aromatic heterocycles. The molecule has 1 aliphatic rings. The molecule has 27 heavy (non-hydrogen) atoms. The van der Waals surface area contributed by atoms with Crippen LogP contribution in [0.4, 0.5) is 0 Å². The first kappa shape index (κ1) is 18.9. The van der Waals surface area contributed by atoms with Gasteiger partial charge < -0.3 is 14.9 Å². The van der Waals surface area contributed by atoms with Crippen LogP contribution in [-0.4, -0.2) is 38.4 Å². The van der Waals surface area contributed by atoms with E-state index in [1.54, 1.807) is 48.5 Å². The molecule has 0 unspecified atom stereocenters. The van der Waals surface area contributed by atoms with Gasteiger partial charge in [0, 0.05) is 0 Å². The van der Waals surface area contributed by atoms with E-state index in [4.69, 9.17) is 17.0 Å². The van der Waals surface area contributed by atoms with Crippen LogP contribution in [0.1, 0.15) is 17.2 Å². The van der Waals surface area contributed by atoms with Gasteiger partial charge in [0.1, 0.15) is 4.32 Å². The van der Waals surface area contributed by atoms with E-state index in [1.165, 1.54) is 13.2 Å². The molecule has 3 rings (SSSR count). The Kier molecular flexibility index (Phi) is 5.48. The molecule has 0 bridgehead atoms. The normalized spacial score (nSPS) is 16.6. The fourth-order valence-corrected chi connectivity index (χ4v) is 3.99. The molecule has 2 aromatic carbocycles. The van der Waals surface area contributed by atoms with Gasteiger partial charge in [0.2, 0.25) is 0 Å². The van der Waals surface area contributed by atoms with Gasteiger partial charge in [-0.3, -0.25) is 9.69 Å². The number of amides is 1. The average molecular weight is 401 g/mol. The maximum atomic E-state index is 12.9. The lowest BCUT2D eigenvalue weighted by Gasteiger charge is -2.23. The number of hydrogen-bond donors (Lipinski definition) is 2. The van der Waals surface area contributed by atoms with Crippen LogP contribution in [0.25, 0.3) is 6.08 Å². The van der Waals surface area contributed by atoms with Crippen molar-refractivity contribution in [1.29, 1.82) is 0 Å². The van der Waals surface area contributed by atoms with Gasteiger partial charge in [0.25, 0.3) is 5.91 Å². The second kappa shape index (κ2) is 7.81. The molecule has 0 spiro atoms. The monoisotopic (exact) mass is 401 g/mol. The number of hydrogen-bond acceptors (Lipinski definition) is 6. The quantitative estimate of drug-likeness (QED) is 0.586. The highest BCUT2D eigenvalue weighted by Gasteiger charge is 2.41. The van der Waals surface area contributed by atoms with E-state index < -0.39 is 17.9 Å². The van der Waals surface area contributed by atoms with E-state index in [-0.39, 0.29) is 15.8 Å². The first-order chi connectivity index (χ1) is 12.9. The van der Waals surface area contributed by atoms with Crippen LogP contribution in [0.3, 0.4) is 0 Å². The van der Waals surface area contributed by atoms with Crippen molar-refractivity contribution in [3.8, 4) is 11.5 Å². The molecule has 2 aromatic rings. The molecule has 1 saturated heterocycles. The highest BCUT2D eigenvalue weighted by Crippen LogP contribution is 2.39. The molecule has 0 saturated carbocycles. The molecule has 1 atom stereocenters. The lowest BCUT2D eigenvalue weighted by molar-refractivity contribution is -0.145. The maximum absolute atomic E-state index is 12.9. The number of phenols is 1. The minimum absolute atomic E-state index is 0.0165. The van der Waals surface area contributed by atoms with Crippen LogP contribution >= 0.6 is 24.0 Å². The van der Waals surface area contributed by atoms with Crippen molar-refractivity contribution in [2.45, 2.75) is 6.04 Å². The van der Waals surface area contributed by atoms with E-state index in [9.17, 15) is 19.8 Å². The van der Waals surface area contributed by atoms with Crippen LogP contribution < -0.4 is 4.74 Å². The molecule has 138 valence electrons. The number of carboxylic acids is 1. The molecule has 6 nitrogen and oxygen atoms in total. The molecule has 1 amide bonds. The summed E-state index contributed by atoms with van der Waals surface area (Å²) in [5.41, 5.74) is 1.09. The van der Waals surface area contributed by atoms with E-state index in [1.807, 2.05) is 0 Å². The molecule has 0 radical (unpaired) electrons. The molecule has 0 aliphatic carbocycles. The van der Waals surface area contributed by atoms with Crippen LogP contribution in [0, 0.1) is 0 Å². The first-order valence-corrected chi connectivity index (χ1v) is 9.06. The first-order valence-electron chi connectivity index (χ1n) is 7.84. The summed E-state index contributed by atoms with van der Waals surface area (Å²) in [7, 11) is 1.43. The summed E-state index contributed by atoms with van der Waals surface area (Å²) in [6.07, 6.45) is 1.59. The minimum Gasteiger partial charge on any atom is -0.504 e. The van der Waals surface area contributed by atoms with Crippen LogP contribution in [0.15, 0.2) is 53.4 Å². The Balaban J connectivity index is 1.96. The number of thioether (sulfide) groups is 1. The lowest BCUT2D eigenvalue weighted by Crippen LogP contribution is -2.37. The molecule has 2 N–H and O–H groups in total. The van der Waals surface area contributed by atoms with Gasteiger partial charge >= 0.3 is 5.97 Å². The topological polar surface area (TPSA) is 87.1 Å². The summed E-state index contributed by atoms with van der Waals surface area (Å²) < 4.78 is 5.24. The number of aliphatic carboxylic acids is 1. The van der Waals surface area contributed by atoms with Gasteiger partial charge in [-0.1, -0.05) is 60.4 Å². The number of phenolic OH excluding ortho intramolecular Hbond substituents is 1. The number of carboxylic acid groups (broad SMARTS) is 1. The number of aromatic hydroxyl groups is 1. The zero-order valence-corrected chi connectivity index (χ0v) is 15.8. The minimum atomic E-state index is -1.20. The SMILES string of the molecule is COc1cc(/C=C2\SC(=S)N([C@@H](C(=O)O)c3ccccc3)C2=O)ccc1O. The number of thiocarbonyl (C=S) groups is 1. The Hall–Kier alpha value is -2.84.